The molecular weight excluding hydrogens is 171 g/mol. The average molecular weight is 180 g/mol. The highest BCUT2D eigenvalue weighted by Crippen LogP contribution is 2.29. The van der Waals surface area contributed by atoms with Gasteiger partial charge in [0.1, 0.15) is 18.0 Å². The second-order valence-electron chi connectivity index (χ2n) is 3.04. The fourth-order valence-corrected chi connectivity index (χ4v) is 1.47. The van der Waals surface area contributed by atoms with E-state index in [0.29, 0.717) is 11.1 Å². The van der Waals surface area contributed by atoms with E-state index in [-0.39, 0.29) is 5.82 Å². The summed E-state index contributed by atoms with van der Waals surface area (Å²) in [5.74, 6) is -0.375. The Morgan fingerprint density at radius 2 is 2.00 bits per heavy atom. The lowest BCUT2D eigenvalue weighted by Gasteiger charge is -2.21. The molecule has 2 rings (SSSR count). The van der Waals surface area contributed by atoms with Crippen molar-refractivity contribution in [2.75, 3.05) is 0 Å². The highest BCUT2D eigenvalue weighted by Gasteiger charge is 2.23. The highest BCUT2D eigenvalue weighted by molar-refractivity contribution is 5.58. The van der Waals surface area contributed by atoms with Gasteiger partial charge in [0, 0.05) is 5.56 Å². The van der Waals surface area contributed by atoms with Crippen molar-refractivity contribution in [3.63, 3.8) is 0 Å². The quantitative estimate of drug-likeness (QED) is 0.630. The maximum Gasteiger partial charge on any atom is 0.130 e. The number of halogens is 1. The van der Waals surface area contributed by atoms with Gasteiger partial charge >= 0.3 is 0 Å². The third-order valence-corrected chi connectivity index (χ3v) is 2.19. The minimum absolute atomic E-state index is 0.361. The lowest BCUT2D eigenvalue weighted by atomic mass is 9.93. The Balaban J connectivity index is 2.58. The summed E-state index contributed by atoms with van der Waals surface area (Å²) in [5.41, 5.74) is 0.801. The van der Waals surface area contributed by atoms with E-state index in [4.69, 9.17) is 0 Å². The van der Waals surface area contributed by atoms with Gasteiger partial charge in [-0.3, -0.25) is 0 Å². The van der Waals surface area contributed by atoms with Crippen LogP contribution in [0.1, 0.15) is 17.2 Å². The van der Waals surface area contributed by atoms with Crippen molar-refractivity contribution in [1.29, 1.82) is 0 Å². The molecule has 2 atom stereocenters. The summed E-state index contributed by atoms with van der Waals surface area (Å²) in [5, 5.41) is 18.7. The number of fused-ring (bicyclic) bond motifs is 1. The van der Waals surface area contributed by atoms with E-state index in [0.717, 1.165) is 0 Å². The van der Waals surface area contributed by atoms with Crippen LogP contribution in [0.3, 0.4) is 0 Å². The first kappa shape index (κ1) is 8.41. The molecule has 0 radical (unpaired) electrons. The van der Waals surface area contributed by atoms with Crippen LogP contribution in [0.2, 0.25) is 0 Å². The maximum atomic E-state index is 13.1. The molecule has 1 aliphatic carbocycles. The minimum Gasteiger partial charge on any atom is -0.386 e. The van der Waals surface area contributed by atoms with Crippen LogP contribution in [-0.2, 0) is 0 Å². The molecule has 0 aromatic heterocycles. The fraction of sp³-hybridized carbons (Fsp3) is 0.200. The molecule has 68 valence electrons. The lowest BCUT2D eigenvalue weighted by Crippen LogP contribution is -2.19. The molecule has 1 aliphatic rings. The summed E-state index contributed by atoms with van der Waals surface area (Å²) in [6.45, 7) is 0. The van der Waals surface area contributed by atoms with E-state index in [1.807, 2.05) is 0 Å². The van der Waals surface area contributed by atoms with E-state index in [1.165, 1.54) is 24.3 Å². The number of aliphatic hydroxyl groups is 2. The largest absolute Gasteiger partial charge is 0.386 e. The summed E-state index contributed by atoms with van der Waals surface area (Å²) in [7, 11) is 0. The van der Waals surface area contributed by atoms with E-state index in [9.17, 15) is 14.6 Å². The smallest absolute Gasteiger partial charge is 0.130 e. The van der Waals surface area contributed by atoms with E-state index < -0.39 is 12.2 Å². The summed E-state index contributed by atoms with van der Waals surface area (Å²) < 4.78 is 13.1. The standard InChI is InChI=1S/C10H9FO2/c11-8-3-1-2-7-6(8)4-5-9(12)10(7)13/h1-5,9-10,12-13H/t9-,10-/m1/s1. The van der Waals surface area contributed by atoms with Crippen molar-refractivity contribution in [1.82, 2.24) is 0 Å². The SMILES string of the molecule is O[C@@H]1C=Cc2c(F)cccc2[C@H]1O. The van der Waals surface area contributed by atoms with Gasteiger partial charge in [-0.05, 0) is 11.6 Å². The Morgan fingerprint density at radius 1 is 1.23 bits per heavy atom. The van der Waals surface area contributed by atoms with Gasteiger partial charge < -0.3 is 10.2 Å². The Morgan fingerprint density at radius 3 is 2.77 bits per heavy atom. The second kappa shape index (κ2) is 2.94. The number of aliphatic hydroxyl groups excluding tert-OH is 2. The molecule has 0 fully saturated rings. The number of benzene rings is 1. The Kier molecular flexibility index (Phi) is 1.90. The zero-order chi connectivity index (χ0) is 9.42. The van der Waals surface area contributed by atoms with Crippen LogP contribution in [0.4, 0.5) is 4.39 Å². The molecular formula is C10H9FO2. The van der Waals surface area contributed by atoms with Crippen molar-refractivity contribution >= 4 is 6.08 Å². The molecule has 0 saturated heterocycles. The van der Waals surface area contributed by atoms with E-state index >= 15 is 0 Å². The van der Waals surface area contributed by atoms with Crippen LogP contribution < -0.4 is 0 Å². The van der Waals surface area contributed by atoms with Crippen LogP contribution in [0.15, 0.2) is 24.3 Å². The number of rotatable bonds is 0. The molecule has 2 N–H and O–H groups in total. The molecule has 2 nitrogen and oxygen atoms in total. The fourth-order valence-electron chi connectivity index (χ4n) is 1.47. The maximum absolute atomic E-state index is 13.1. The third-order valence-electron chi connectivity index (χ3n) is 2.19. The van der Waals surface area contributed by atoms with Gasteiger partial charge in [-0.15, -0.1) is 0 Å². The van der Waals surface area contributed by atoms with Crippen molar-refractivity contribution in [3.05, 3.63) is 41.2 Å². The average Bonchev–Trinajstić information content (AvgIpc) is 2.12. The second-order valence-corrected chi connectivity index (χ2v) is 3.04. The van der Waals surface area contributed by atoms with Crippen LogP contribution in [-0.4, -0.2) is 16.3 Å². The van der Waals surface area contributed by atoms with Crippen molar-refractivity contribution in [2.45, 2.75) is 12.2 Å². The molecule has 0 bridgehead atoms. The lowest BCUT2D eigenvalue weighted by molar-refractivity contribution is 0.0467. The van der Waals surface area contributed by atoms with E-state index in [1.54, 1.807) is 6.07 Å². The molecule has 0 aliphatic heterocycles. The molecule has 0 unspecified atom stereocenters. The van der Waals surface area contributed by atoms with Gasteiger partial charge in [0.2, 0.25) is 0 Å². The predicted octanol–water partition coefficient (Wildman–Crippen LogP) is 1.25. The molecule has 0 spiro atoms. The Labute approximate surface area is 74.9 Å². The third kappa shape index (κ3) is 1.26. The first-order valence-electron chi connectivity index (χ1n) is 4.03. The highest BCUT2D eigenvalue weighted by atomic mass is 19.1. The van der Waals surface area contributed by atoms with Gasteiger partial charge in [0.05, 0.1) is 0 Å². The van der Waals surface area contributed by atoms with Gasteiger partial charge in [0.25, 0.3) is 0 Å². The van der Waals surface area contributed by atoms with Gasteiger partial charge in [-0.1, -0.05) is 24.3 Å². The molecule has 1 aromatic rings. The number of hydrogen-bond acceptors (Lipinski definition) is 2. The predicted molar refractivity (Wildman–Crippen MR) is 46.4 cm³/mol. The van der Waals surface area contributed by atoms with Crippen LogP contribution >= 0.6 is 0 Å². The van der Waals surface area contributed by atoms with Gasteiger partial charge in [0.15, 0.2) is 0 Å². The molecule has 1 aromatic carbocycles. The van der Waals surface area contributed by atoms with Crippen LogP contribution in [0.25, 0.3) is 6.08 Å². The minimum atomic E-state index is -1.02. The monoisotopic (exact) mass is 180 g/mol. The molecule has 0 saturated carbocycles. The summed E-state index contributed by atoms with van der Waals surface area (Å²) >= 11 is 0. The number of hydrogen-bond donors (Lipinski definition) is 2. The first-order chi connectivity index (χ1) is 6.20. The molecule has 13 heavy (non-hydrogen) atoms. The zero-order valence-corrected chi connectivity index (χ0v) is 6.81. The van der Waals surface area contributed by atoms with Gasteiger partial charge in [-0.2, -0.15) is 0 Å². The van der Waals surface area contributed by atoms with Crippen LogP contribution in [0.5, 0.6) is 0 Å². The van der Waals surface area contributed by atoms with E-state index in [2.05, 4.69) is 0 Å². The van der Waals surface area contributed by atoms with Crippen molar-refractivity contribution < 1.29 is 14.6 Å². The normalized spacial score (nSPS) is 25.8. The summed E-state index contributed by atoms with van der Waals surface area (Å²) in [6, 6.07) is 4.45. The molecule has 0 amide bonds. The molecule has 3 heteroatoms. The summed E-state index contributed by atoms with van der Waals surface area (Å²) in [6.07, 6.45) is 0.919. The first-order valence-corrected chi connectivity index (χ1v) is 4.03. The Hall–Kier alpha value is -1.19. The zero-order valence-electron chi connectivity index (χ0n) is 6.81. The van der Waals surface area contributed by atoms with Crippen molar-refractivity contribution in [3.8, 4) is 0 Å². The topological polar surface area (TPSA) is 40.5 Å². The van der Waals surface area contributed by atoms with Crippen LogP contribution in [0, 0.1) is 5.82 Å². The van der Waals surface area contributed by atoms with Gasteiger partial charge in [-0.25, -0.2) is 4.39 Å². The summed E-state index contributed by atoms with van der Waals surface area (Å²) in [4.78, 5) is 0. The van der Waals surface area contributed by atoms with Crippen molar-refractivity contribution in [2.24, 2.45) is 0 Å². The molecule has 0 heterocycles. The Bertz CT molecular complexity index is 360.